The van der Waals surface area contributed by atoms with E-state index in [1.807, 2.05) is 6.92 Å². The molecule has 0 rings (SSSR count). The molecule has 0 aromatic rings. The lowest BCUT2D eigenvalue weighted by molar-refractivity contribution is -0.0182. The normalized spacial score (nSPS) is 9.10. The monoisotopic (exact) mass is 146 g/mol. The second kappa shape index (κ2) is 5.05. The molecule has 0 aliphatic carbocycles. The minimum atomic E-state index is -0.451. The van der Waals surface area contributed by atoms with E-state index in [9.17, 15) is 4.79 Å². The Hall–Kier alpha value is -0.770. The lowest BCUT2D eigenvalue weighted by atomic mass is 10.3. The molecule has 0 radical (unpaired) electrons. The maximum atomic E-state index is 10.6. The fraction of sp³-hybridized carbons (Fsp3) is 0.833. The first-order valence-corrected chi connectivity index (χ1v) is 3.39. The van der Waals surface area contributed by atoms with Crippen LogP contribution >= 0.6 is 0 Å². The summed E-state index contributed by atoms with van der Waals surface area (Å²) in [4.78, 5) is 10.6. The fourth-order valence-corrected chi connectivity index (χ4v) is 0.487. The number of hydrogen-bond donors (Lipinski definition) is 2. The highest BCUT2D eigenvalue weighted by Gasteiger charge is 2.01. The van der Waals surface area contributed by atoms with Gasteiger partial charge in [-0.15, -0.1) is 0 Å². The average Bonchev–Trinajstić information content (AvgIpc) is 1.88. The van der Waals surface area contributed by atoms with Crippen LogP contribution in [-0.2, 0) is 0 Å². The summed E-state index contributed by atoms with van der Waals surface area (Å²) in [6.07, 6.45) is 1.98. The molecule has 0 fully saturated rings. The Bertz CT molecular complexity index is 104. The number of carbonyl (C=O) groups is 1. The number of hydroxylamine groups is 2. The molecule has 2 amide bonds. The lowest BCUT2D eigenvalue weighted by Crippen LogP contribution is -2.35. The number of carbonyl (C=O) groups excluding carboxylic acids is 1. The van der Waals surface area contributed by atoms with Crippen molar-refractivity contribution < 1.29 is 10.0 Å². The third kappa shape index (κ3) is 4.14. The highest BCUT2D eigenvalue weighted by molar-refractivity contribution is 5.72. The fourth-order valence-electron chi connectivity index (χ4n) is 0.487. The van der Waals surface area contributed by atoms with Crippen LogP contribution in [0.15, 0.2) is 0 Å². The van der Waals surface area contributed by atoms with E-state index in [-0.39, 0.29) is 0 Å². The third-order valence-electron chi connectivity index (χ3n) is 1.10. The molecule has 0 bridgehead atoms. The summed E-state index contributed by atoms with van der Waals surface area (Å²) in [7, 11) is 1.29. The van der Waals surface area contributed by atoms with E-state index in [1.54, 1.807) is 0 Å². The number of unbranched alkanes of at least 4 members (excludes halogenated alkanes) is 1. The first kappa shape index (κ1) is 9.23. The molecular weight excluding hydrogens is 132 g/mol. The van der Waals surface area contributed by atoms with Crippen molar-refractivity contribution in [3.8, 4) is 0 Å². The Morgan fingerprint density at radius 2 is 2.30 bits per heavy atom. The Kier molecular flexibility index (Phi) is 4.66. The summed E-state index contributed by atoms with van der Waals surface area (Å²) in [5.41, 5.74) is 0. The molecular formula is C6H14N2O2. The summed E-state index contributed by atoms with van der Waals surface area (Å²) in [5, 5.41) is 11.6. The number of amides is 2. The minimum Gasteiger partial charge on any atom is -0.336 e. The zero-order valence-electron chi connectivity index (χ0n) is 6.42. The molecule has 0 saturated carbocycles. The molecule has 0 spiro atoms. The number of rotatable bonds is 3. The van der Waals surface area contributed by atoms with Gasteiger partial charge in [-0.3, -0.25) is 5.21 Å². The maximum absolute atomic E-state index is 10.6. The van der Waals surface area contributed by atoms with E-state index in [0.717, 1.165) is 12.8 Å². The topological polar surface area (TPSA) is 52.6 Å². The van der Waals surface area contributed by atoms with Crippen molar-refractivity contribution in [3.05, 3.63) is 0 Å². The van der Waals surface area contributed by atoms with Crippen molar-refractivity contribution in [2.45, 2.75) is 19.8 Å². The number of urea groups is 1. The molecule has 0 saturated heterocycles. The molecule has 10 heavy (non-hydrogen) atoms. The van der Waals surface area contributed by atoms with Crippen LogP contribution in [0.2, 0.25) is 0 Å². The second-order valence-electron chi connectivity index (χ2n) is 2.11. The minimum absolute atomic E-state index is 0.451. The van der Waals surface area contributed by atoms with Crippen molar-refractivity contribution in [1.29, 1.82) is 0 Å². The van der Waals surface area contributed by atoms with Crippen LogP contribution < -0.4 is 5.32 Å². The third-order valence-corrected chi connectivity index (χ3v) is 1.10. The number of hydrogen-bond acceptors (Lipinski definition) is 2. The van der Waals surface area contributed by atoms with Gasteiger partial charge in [-0.2, -0.15) is 0 Å². The summed E-state index contributed by atoms with van der Waals surface area (Å²) in [6, 6.07) is -0.451. The number of nitrogens with zero attached hydrogens (tertiary/aromatic N) is 1. The van der Waals surface area contributed by atoms with Crippen molar-refractivity contribution in [2.24, 2.45) is 0 Å². The molecule has 2 N–H and O–H groups in total. The molecule has 0 atom stereocenters. The van der Waals surface area contributed by atoms with Gasteiger partial charge in [0.25, 0.3) is 0 Å². The zero-order valence-corrected chi connectivity index (χ0v) is 6.42. The van der Waals surface area contributed by atoms with Crippen LogP contribution in [0.25, 0.3) is 0 Å². The van der Waals surface area contributed by atoms with E-state index in [1.165, 1.54) is 7.05 Å². The van der Waals surface area contributed by atoms with Gasteiger partial charge in [0.15, 0.2) is 0 Å². The van der Waals surface area contributed by atoms with Gasteiger partial charge in [0.1, 0.15) is 0 Å². The average molecular weight is 146 g/mol. The first-order valence-electron chi connectivity index (χ1n) is 3.39. The van der Waals surface area contributed by atoms with Crippen LogP contribution in [0, 0.1) is 0 Å². The lowest BCUT2D eigenvalue weighted by Gasteiger charge is -2.08. The molecule has 0 aromatic carbocycles. The van der Waals surface area contributed by atoms with Gasteiger partial charge in [0.05, 0.1) is 0 Å². The summed E-state index contributed by atoms with van der Waals surface area (Å²) >= 11 is 0. The zero-order chi connectivity index (χ0) is 7.98. The molecule has 0 aliphatic rings. The molecule has 0 unspecified atom stereocenters. The second-order valence-corrected chi connectivity index (χ2v) is 2.11. The Morgan fingerprint density at radius 3 is 2.70 bits per heavy atom. The molecule has 4 nitrogen and oxygen atoms in total. The van der Waals surface area contributed by atoms with Crippen LogP contribution in [0.5, 0.6) is 0 Å². The van der Waals surface area contributed by atoms with Gasteiger partial charge >= 0.3 is 6.03 Å². The molecule has 60 valence electrons. The van der Waals surface area contributed by atoms with Crippen LogP contribution in [0.3, 0.4) is 0 Å². The van der Waals surface area contributed by atoms with Crippen molar-refractivity contribution in [2.75, 3.05) is 13.6 Å². The van der Waals surface area contributed by atoms with E-state index in [0.29, 0.717) is 11.6 Å². The van der Waals surface area contributed by atoms with Crippen molar-refractivity contribution >= 4 is 6.03 Å². The standard InChI is InChI=1S/C6H14N2O2/c1-3-4-5-7-6(9)8(2)10/h10H,3-5H2,1-2H3,(H,7,9). The first-order chi connectivity index (χ1) is 4.68. The quantitative estimate of drug-likeness (QED) is 0.352. The van der Waals surface area contributed by atoms with E-state index in [2.05, 4.69) is 5.32 Å². The molecule has 0 aliphatic heterocycles. The smallest absolute Gasteiger partial charge is 0.336 e. The van der Waals surface area contributed by atoms with Gasteiger partial charge in [0.2, 0.25) is 0 Å². The van der Waals surface area contributed by atoms with Gasteiger partial charge in [-0.1, -0.05) is 13.3 Å². The summed E-state index contributed by atoms with van der Waals surface area (Å²) < 4.78 is 0. The van der Waals surface area contributed by atoms with Crippen molar-refractivity contribution in [3.63, 3.8) is 0 Å². The van der Waals surface area contributed by atoms with Crippen LogP contribution in [0.1, 0.15) is 19.8 Å². The van der Waals surface area contributed by atoms with Crippen LogP contribution in [0.4, 0.5) is 4.79 Å². The SMILES string of the molecule is CCCCNC(=O)N(C)O. The van der Waals surface area contributed by atoms with Crippen LogP contribution in [-0.4, -0.2) is 29.9 Å². The van der Waals surface area contributed by atoms with Gasteiger partial charge in [-0.05, 0) is 6.42 Å². The summed E-state index contributed by atoms with van der Waals surface area (Å²) in [6.45, 7) is 2.66. The predicted octanol–water partition coefficient (Wildman–Crippen LogP) is 0.817. The van der Waals surface area contributed by atoms with E-state index >= 15 is 0 Å². The summed E-state index contributed by atoms with van der Waals surface area (Å²) in [5.74, 6) is 0. The van der Waals surface area contributed by atoms with Gasteiger partial charge < -0.3 is 5.32 Å². The Balaban J connectivity index is 3.22. The Morgan fingerprint density at radius 1 is 1.70 bits per heavy atom. The largest absolute Gasteiger partial charge is 0.340 e. The maximum Gasteiger partial charge on any atom is 0.340 e. The number of nitrogens with one attached hydrogen (secondary N) is 1. The molecule has 0 heterocycles. The molecule has 4 heteroatoms. The van der Waals surface area contributed by atoms with E-state index < -0.39 is 6.03 Å². The highest BCUT2D eigenvalue weighted by atomic mass is 16.5. The predicted molar refractivity (Wildman–Crippen MR) is 37.9 cm³/mol. The Labute approximate surface area is 60.8 Å². The highest BCUT2D eigenvalue weighted by Crippen LogP contribution is 1.83. The van der Waals surface area contributed by atoms with E-state index in [4.69, 9.17) is 5.21 Å². The van der Waals surface area contributed by atoms with Gasteiger partial charge in [-0.25, -0.2) is 9.86 Å². The van der Waals surface area contributed by atoms with Gasteiger partial charge in [0, 0.05) is 13.6 Å². The van der Waals surface area contributed by atoms with Crippen molar-refractivity contribution in [1.82, 2.24) is 10.4 Å². The molecule has 0 aromatic heterocycles.